The molecule has 5 heteroatoms. The molecular weight excluding hydrogens is 170 g/mol. The van der Waals surface area contributed by atoms with Gasteiger partial charge in [0.2, 0.25) is 11.8 Å². The Labute approximate surface area is 76.5 Å². The zero-order valence-electron chi connectivity index (χ0n) is 7.38. The number of nitrogens with one attached hydrogen (secondary N) is 2. The molecule has 2 aliphatic heterocycles. The van der Waals surface area contributed by atoms with E-state index in [4.69, 9.17) is 0 Å². The van der Waals surface area contributed by atoms with Crippen LogP contribution >= 0.6 is 0 Å². The number of carbonyl (C=O) groups excluding carboxylic acids is 2. The van der Waals surface area contributed by atoms with Crippen LogP contribution in [0.15, 0.2) is 0 Å². The molecular formula is C8H13N3O2. The maximum atomic E-state index is 11.4. The Morgan fingerprint density at radius 2 is 1.92 bits per heavy atom. The standard InChI is InChI=1S/C8H13N3O2/c12-7-4-9-5-8(13)11(7)6-2-1-3-10-6/h6,9-10H,1-5H2. The van der Waals surface area contributed by atoms with E-state index in [0.717, 1.165) is 19.4 Å². The molecule has 0 aromatic carbocycles. The second-order valence-electron chi connectivity index (χ2n) is 3.37. The SMILES string of the molecule is O=C1CNCC(=O)N1C1CCCN1. The van der Waals surface area contributed by atoms with Gasteiger partial charge in [0.05, 0.1) is 19.3 Å². The van der Waals surface area contributed by atoms with Gasteiger partial charge in [-0.25, -0.2) is 0 Å². The first-order valence-electron chi connectivity index (χ1n) is 4.58. The van der Waals surface area contributed by atoms with E-state index in [9.17, 15) is 9.59 Å². The average Bonchev–Trinajstić information content (AvgIpc) is 2.57. The van der Waals surface area contributed by atoms with Crippen LogP contribution in [0.5, 0.6) is 0 Å². The monoisotopic (exact) mass is 183 g/mol. The zero-order valence-corrected chi connectivity index (χ0v) is 7.38. The van der Waals surface area contributed by atoms with Crippen LogP contribution in [0.25, 0.3) is 0 Å². The molecule has 2 N–H and O–H groups in total. The molecule has 5 nitrogen and oxygen atoms in total. The van der Waals surface area contributed by atoms with E-state index in [1.807, 2.05) is 0 Å². The third-order valence-electron chi connectivity index (χ3n) is 2.44. The molecule has 1 unspecified atom stereocenters. The molecule has 2 heterocycles. The van der Waals surface area contributed by atoms with Crippen LogP contribution in [0.3, 0.4) is 0 Å². The Balaban J connectivity index is 2.08. The van der Waals surface area contributed by atoms with Gasteiger partial charge in [-0.15, -0.1) is 0 Å². The largest absolute Gasteiger partial charge is 0.300 e. The van der Waals surface area contributed by atoms with E-state index < -0.39 is 0 Å². The van der Waals surface area contributed by atoms with Crippen molar-refractivity contribution in [1.82, 2.24) is 15.5 Å². The summed E-state index contributed by atoms with van der Waals surface area (Å²) >= 11 is 0. The maximum Gasteiger partial charge on any atom is 0.244 e. The van der Waals surface area contributed by atoms with Gasteiger partial charge in [-0.2, -0.15) is 0 Å². The highest BCUT2D eigenvalue weighted by molar-refractivity contribution is 5.99. The lowest BCUT2D eigenvalue weighted by Gasteiger charge is -2.30. The predicted molar refractivity (Wildman–Crippen MR) is 45.7 cm³/mol. The molecule has 1 atom stereocenters. The van der Waals surface area contributed by atoms with Crippen molar-refractivity contribution >= 4 is 11.8 Å². The number of hydrogen-bond acceptors (Lipinski definition) is 4. The normalized spacial score (nSPS) is 29.8. The van der Waals surface area contributed by atoms with E-state index >= 15 is 0 Å². The van der Waals surface area contributed by atoms with Gasteiger partial charge in [-0.05, 0) is 19.4 Å². The number of carbonyl (C=O) groups is 2. The van der Waals surface area contributed by atoms with Crippen LogP contribution < -0.4 is 10.6 Å². The first-order valence-corrected chi connectivity index (χ1v) is 4.58. The summed E-state index contributed by atoms with van der Waals surface area (Å²) in [7, 11) is 0. The molecule has 0 bridgehead atoms. The molecule has 2 aliphatic rings. The summed E-state index contributed by atoms with van der Waals surface area (Å²) < 4.78 is 0. The summed E-state index contributed by atoms with van der Waals surface area (Å²) in [6.45, 7) is 1.46. The molecule has 0 aromatic rings. The quantitative estimate of drug-likeness (QED) is 0.494. The summed E-state index contributed by atoms with van der Waals surface area (Å²) in [5, 5.41) is 5.91. The van der Waals surface area contributed by atoms with Gasteiger partial charge in [0.1, 0.15) is 0 Å². The number of rotatable bonds is 1. The number of piperazine rings is 1. The van der Waals surface area contributed by atoms with Crippen molar-refractivity contribution in [1.29, 1.82) is 0 Å². The maximum absolute atomic E-state index is 11.4. The number of hydrogen-bond donors (Lipinski definition) is 2. The Hall–Kier alpha value is -0.940. The minimum Gasteiger partial charge on any atom is -0.300 e. The van der Waals surface area contributed by atoms with Crippen LogP contribution in [0, 0.1) is 0 Å². The van der Waals surface area contributed by atoms with Crippen molar-refractivity contribution < 1.29 is 9.59 Å². The van der Waals surface area contributed by atoms with Crippen molar-refractivity contribution in [3.05, 3.63) is 0 Å². The van der Waals surface area contributed by atoms with E-state index in [1.54, 1.807) is 0 Å². The second-order valence-corrected chi connectivity index (χ2v) is 3.37. The fraction of sp³-hybridized carbons (Fsp3) is 0.750. The number of imide groups is 1. The molecule has 0 aliphatic carbocycles. The van der Waals surface area contributed by atoms with Crippen molar-refractivity contribution in [3.8, 4) is 0 Å². The fourth-order valence-electron chi connectivity index (χ4n) is 1.82. The van der Waals surface area contributed by atoms with Crippen LogP contribution in [0.4, 0.5) is 0 Å². The van der Waals surface area contributed by atoms with Gasteiger partial charge in [-0.1, -0.05) is 0 Å². The Kier molecular flexibility index (Phi) is 2.28. The minimum absolute atomic E-state index is 0.0536. The van der Waals surface area contributed by atoms with Gasteiger partial charge in [0.15, 0.2) is 0 Å². The molecule has 13 heavy (non-hydrogen) atoms. The first kappa shape index (κ1) is 8.65. The lowest BCUT2D eigenvalue weighted by molar-refractivity contribution is -0.149. The minimum atomic E-state index is -0.115. The van der Waals surface area contributed by atoms with Crippen LogP contribution in [-0.4, -0.2) is 42.5 Å². The Morgan fingerprint density at radius 1 is 1.23 bits per heavy atom. The molecule has 0 aromatic heterocycles. The first-order chi connectivity index (χ1) is 6.29. The fourth-order valence-corrected chi connectivity index (χ4v) is 1.82. The Bertz CT molecular complexity index is 220. The van der Waals surface area contributed by atoms with Crippen molar-refractivity contribution in [2.45, 2.75) is 19.0 Å². The van der Waals surface area contributed by atoms with Gasteiger partial charge in [0.25, 0.3) is 0 Å². The van der Waals surface area contributed by atoms with Gasteiger partial charge < -0.3 is 0 Å². The topological polar surface area (TPSA) is 61.4 Å². The molecule has 0 spiro atoms. The van der Waals surface area contributed by atoms with Crippen LogP contribution in [0.1, 0.15) is 12.8 Å². The zero-order chi connectivity index (χ0) is 9.26. The summed E-state index contributed by atoms with van der Waals surface area (Å²) in [5.74, 6) is -0.230. The van der Waals surface area contributed by atoms with Gasteiger partial charge in [0, 0.05) is 0 Å². The lowest BCUT2D eigenvalue weighted by Crippen LogP contribution is -2.58. The van der Waals surface area contributed by atoms with Gasteiger partial charge >= 0.3 is 0 Å². The number of amides is 2. The molecule has 2 fully saturated rings. The third kappa shape index (κ3) is 1.57. The smallest absolute Gasteiger partial charge is 0.244 e. The van der Waals surface area contributed by atoms with Crippen molar-refractivity contribution in [2.75, 3.05) is 19.6 Å². The third-order valence-corrected chi connectivity index (χ3v) is 2.44. The van der Waals surface area contributed by atoms with E-state index in [-0.39, 0.29) is 31.1 Å². The highest BCUT2D eigenvalue weighted by atomic mass is 16.2. The van der Waals surface area contributed by atoms with Crippen molar-refractivity contribution in [3.63, 3.8) is 0 Å². The Morgan fingerprint density at radius 3 is 2.46 bits per heavy atom. The predicted octanol–water partition coefficient (Wildman–Crippen LogP) is -1.35. The highest BCUT2D eigenvalue weighted by Gasteiger charge is 2.33. The summed E-state index contributed by atoms with van der Waals surface area (Å²) in [6.07, 6.45) is 1.87. The molecule has 2 rings (SSSR count). The molecule has 0 saturated carbocycles. The van der Waals surface area contributed by atoms with Crippen LogP contribution in [0.2, 0.25) is 0 Å². The van der Waals surface area contributed by atoms with Crippen molar-refractivity contribution in [2.24, 2.45) is 0 Å². The highest BCUT2D eigenvalue weighted by Crippen LogP contribution is 2.12. The second kappa shape index (κ2) is 3.43. The number of nitrogens with zero attached hydrogens (tertiary/aromatic N) is 1. The van der Waals surface area contributed by atoms with E-state index in [2.05, 4.69) is 10.6 Å². The van der Waals surface area contributed by atoms with Gasteiger partial charge in [-0.3, -0.25) is 25.1 Å². The summed E-state index contributed by atoms with van der Waals surface area (Å²) in [5.41, 5.74) is 0. The van der Waals surface area contributed by atoms with Crippen LogP contribution in [-0.2, 0) is 9.59 Å². The lowest BCUT2D eigenvalue weighted by atomic mass is 10.2. The van der Waals surface area contributed by atoms with E-state index in [0.29, 0.717) is 0 Å². The molecule has 2 saturated heterocycles. The summed E-state index contributed by atoms with van der Waals surface area (Å²) in [4.78, 5) is 24.2. The molecule has 72 valence electrons. The molecule has 0 radical (unpaired) electrons. The van der Waals surface area contributed by atoms with E-state index in [1.165, 1.54) is 4.90 Å². The summed E-state index contributed by atoms with van der Waals surface area (Å²) in [6, 6.07) is 0. The average molecular weight is 183 g/mol. The molecule has 2 amide bonds.